The van der Waals surface area contributed by atoms with Gasteiger partial charge in [0.15, 0.2) is 11.6 Å². The van der Waals surface area contributed by atoms with Crippen molar-refractivity contribution in [3.05, 3.63) is 131 Å². The van der Waals surface area contributed by atoms with Crippen LogP contribution in [0.25, 0.3) is 45.1 Å². The number of aromatic nitrogens is 5. The molecule has 230 valence electrons. The fourth-order valence-electron chi connectivity index (χ4n) is 5.07. The number of fused-ring (bicyclic) bond motifs is 2. The molecule has 0 saturated carbocycles. The van der Waals surface area contributed by atoms with Gasteiger partial charge in [0, 0.05) is 35.7 Å². The molecule has 0 bridgehead atoms. The Morgan fingerprint density at radius 2 is 1.65 bits per heavy atom. The van der Waals surface area contributed by atoms with E-state index in [1.807, 2.05) is 30.5 Å². The fourth-order valence-corrected chi connectivity index (χ4v) is 5.07. The van der Waals surface area contributed by atoms with Gasteiger partial charge in [0.1, 0.15) is 16.9 Å². The number of halogens is 3. The van der Waals surface area contributed by atoms with Crippen molar-refractivity contribution in [1.29, 1.82) is 0 Å². The standard InChI is InChI=1S/C34H24F3N5O4/c1-44-27-11-4-21(5-12-27)19-45-20-26-18-41-17-24(8-13-28(41)39-26)32-40-31(42-16-14-22-3-2-15-38-29(22)33(42)43)30(46-32)23-6-9-25(10-7-23)34(35,36)37/h2-18H,19-20H2,1H3. The Morgan fingerprint density at radius 3 is 2.41 bits per heavy atom. The van der Waals surface area contributed by atoms with Gasteiger partial charge in [-0.25, -0.2) is 4.98 Å². The van der Waals surface area contributed by atoms with Gasteiger partial charge in [0.25, 0.3) is 5.56 Å². The molecule has 0 saturated heterocycles. The highest BCUT2D eigenvalue weighted by Crippen LogP contribution is 2.35. The van der Waals surface area contributed by atoms with Crippen LogP contribution in [0.3, 0.4) is 0 Å². The summed E-state index contributed by atoms with van der Waals surface area (Å²) in [5, 5.41) is 0.637. The zero-order valence-electron chi connectivity index (χ0n) is 24.2. The molecule has 5 heterocycles. The SMILES string of the molecule is COc1ccc(COCc2cn3cc(-c4nc(-n5ccc6cccnc6c5=O)c(-c5ccc(C(F)(F)F)cc5)o4)ccc3n2)cc1. The molecule has 0 unspecified atom stereocenters. The van der Waals surface area contributed by atoms with E-state index < -0.39 is 17.3 Å². The number of ether oxygens (including phenoxy) is 2. The largest absolute Gasteiger partial charge is 0.497 e. The minimum absolute atomic E-state index is 0.116. The molecule has 0 aliphatic heterocycles. The van der Waals surface area contributed by atoms with Gasteiger partial charge in [-0.3, -0.25) is 14.3 Å². The zero-order valence-corrected chi connectivity index (χ0v) is 24.2. The maximum absolute atomic E-state index is 13.5. The minimum Gasteiger partial charge on any atom is -0.497 e. The first-order chi connectivity index (χ1) is 22.3. The number of nitrogens with zero attached hydrogens (tertiary/aromatic N) is 5. The molecule has 0 aliphatic carbocycles. The Hall–Kier alpha value is -5.75. The summed E-state index contributed by atoms with van der Waals surface area (Å²) in [6.45, 7) is 0.682. The van der Waals surface area contributed by atoms with E-state index in [0.29, 0.717) is 34.5 Å². The van der Waals surface area contributed by atoms with E-state index in [2.05, 4.69) is 15.0 Å². The van der Waals surface area contributed by atoms with Crippen molar-refractivity contribution < 1.29 is 27.1 Å². The van der Waals surface area contributed by atoms with Gasteiger partial charge in [-0.05, 0) is 54.1 Å². The molecule has 5 aromatic heterocycles. The van der Waals surface area contributed by atoms with Gasteiger partial charge in [-0.2, -0.15) is 18.2 Å². The van der Waals surface area contributed by atoms with Gasteiger partial charge in [0.05, 0.1) is 37.1 Å². The van der Waals surface area contributed by atoms with Crippen molar-refractivity contribution in [3.8, 4) is 34.3 Å². The molecule has 2 aromatic carbocycles. The Bertz CT molecular complexity index is 2240. The van der Waals surface area contributed by atoms with Crippen LogP contribution in [0.2, 0.25) is 0 Å². The highest BCUT2D eigenvalue weighted by Gasteiger charge is 2.30. The van der Waals surface area contributed by atoms with Gasteiger partial charge in [-0.15, -0.1) is 0 Å². The van der Waals surface area contributed by atoms with Crippen LogP contribution >= 0.6 is 0 Å². The maximum Gasteiger partial charge on any atom is 0.416 e. The van der Waals surface area contributed by atoms with Gasteiger partial charge in [0.2, 0.25) is 5.89 Å². The maximum atomic E-state index is 13.5. The molecule has 0 amide bonds. The number of hydrogen-bond donors (Lipinski definition) is 0. The summed E-state index contributed by atoms with van der Waals surface area (Å²) in [5.41, 5.74) is 2.20. The van der Waals surface area contributed by atoms with Gasteiger partial charge >= 0.3 is 6.18 Å². The molecule has 46 heavy (non-hydrogen) atoms. The highest BCUT2D eigenvalue weighted by atomic mass is 19.4. The lowest BCUT2D eigenvalue weighted by atomic mass is 10.1. The van der Waals surface area contributed by atoms with E-state index >= 15 is 0 Å². The summed E-state index contributed by atoms with van der Waals surface area (Å²) in [6.07, 6.45) is 2.14. The number of benzene rings is 2. The lowest BCUT2D eigenvalue weighted by molar-refractivity contribution is -0.137. The number of pyridine rings is 3. The molecule has 7 rings (SSSR count). The third-order valence-electron chi connectivity index (χ3n) is 7.40. The molecule has 9 nitrogen and oxygen atoms in total. The topological polar surface area (TPSA) is 96.7 Å². The summed E-state index contributed by atoms with van der Waals surface area (Å²) >= 11 is 0. The predicted octanol–water partition coefficient (Wildman–Crippen LogP) is 7.10. The molecule has 0 spiro atoms. The average Bonchev–Trinajstić information content (AvgIpc) is 3.69. The number of methoxy groups -OCH3 is 1. The number of imidazole rings is 1. The molecular formula is C34H24F3N5O4. The van der Waals surface area contributed by atoms with Crippen molar-refractivity contribution in [1.82, 2.24) is 23.9 Å². The molecule has 7 aromatic rings. The van der Waals surface area contributed by atoms with Crippen molar-refractivity contribution in [3.63, 3.8) is 0 Å². The highest BCUT2D eigenvalue weighted by molar-refractivity contribution is 5.78. The summed E-state index contributed by atoms with van der Waals surface area (Å²) in [6, 6.07) is 20.9. The first-order valence-corrected chi connectivity index (χ1v) is 14.1. The Morgan fingerprint density at radius 1 is 0.870 bits per heavy atom. The van der Waals surface area contributed by atoms with E-state index in [1.165, 1.54) is 22.9 Å². The van der Waals surface area contributed by atoms with Gasteiger partial charge < -0.3 is 18.3 Å². The van der Waals surface area contributed by atoms with Gasteiger partial charge in [-0.1, -0.05) is 30.3 Å². The van der Waals surface area contributed by atoms with Crippen LogP contribution in [0.5, 0.6) is 5.75 Å². The smallest absolute Gasteiger partial charge is 0.416 e. The molecule has 0 fully saturated rings. The molecule has 0 aliphatic rings. The Balaban J connectivity index is 1.23. The van der Waals surface area contributed by atoms with Crippen LogP contribution in [0, 0.1) is 0 Å². The second-order valence-corrected chi connectivity index (χ2v) is 10.4. The monoisotopic (exact) mass is 623 g/mol. The van der Waals surface area contributed by atoms with Crippen molar-refractivity contribution >= 4 is 16.6 Å². The number of alkyl halides is 3. The van der Waals surface area contributed by atoms with E-state index in [0.717, 1.165) is 23.4 Å². The average molecular weight is 624 g/mol. The van der Waals surface area contributed by atoms with E-state index in [9.17, 15) is 18.0 Å². The number of oxazole rings is 1. The third kappa shape index (κ3) is 5.61. The summed E-state index contributed by atoms with van der Waals surface area (Å²) in [4.78, 5) is 26.9. The van der Waals surface area contributed by atoms with Crippen LogP contribution < -0.4 is 10.3 Å². The molecule has 0 radical (unpaired) electrons. The quantitative estimate of drug-likeness (QED) is 0.178. The number of rotatable bonds is 8. The van der Waals surface area contributed by atoms with Crippen LogP contribution in [-0.4, -0.2) is 31.0 Å². The zero-order chi connectivity index (χ0) is 31.8. The molecule has 0 atom stereocenters. The summed E-state index contributed by atoms with van der Waals surface area (Å²) in [7, 11) is 1.61. The first kappa shape index (κ1) is 29.0. The first-order valence-electron chi connectivity index (χ1n) is 14.1. The van der Waals surface area contributed by atoms with Crippen molar-refractivity contribution in [2.75, 3.05) is 7.11 Å². The molecular weight excluding hydrogens is 599 g/mol. The lowest BCUT2D eigenvalue weighted by Gasteiger charge is -2.08. The molecule has 12 heteroatoms. The second kappa shape index (κ2) is 11.6. The van der Waals surface area contributed by atoms with Crippen molar-refractivity contribution in [2.24, 2.45) is 0 Å². The fraction of sp³-hybridized carbons (Fsp3) is 0.118. The van der Waals surface area contributed by atoms with Crippen LogP contribution in [0.1, 0.15) is 16.8 Å². The van der Waals surface area contributed by atoms with Crippen LogP contribution in [0.15, 0.2) is 113 Å². The third-order valence-corrected chi connectivity index (χ3v) is 7.40. The molecule has 0 N–H and O–H groups in total. The minimum atomic E-state index is -4.51. The number of hydrogen-bond acceptors (Lipinski definition) is 7. The Labute approximate surface area is 259 Å². The second-order valence-electron chi connectivity index (χ2n) is 10.4. The lowest BCUT2D eigenvalue weighted by Crippen LogP contribution is -2.19. The summed E-state index contributed by atoms with van der Waals surface area (Å²) < 4.78 is 60.2. The predicted molar refractivity (Wildman–Crippen MR) is 164 cm³/mol. The van der Waals surface area contributed by atoms with Crippen LogP contribution in [0.4, 0.5) is 13.2 Å². The summed E-state index contributed by atoms with van der Waals surface area (Å²) in [5.74, 6) is 1.17. The van der Waals surface area contributed by atoms with Crippen LogP contribution in [-0.2, 0) is 24.1 Å². The normalized spacial score (nSPS) is 11.8. The van der Waals surface area contributed by atoms with Crippen molar-refractivity contribution in [2.45, 2.75) is 19.4 Å². The van der Waals surface area contributed by atoms with E-state index in [4.69, 9.17) is 13.9 Å². The van der Waals surface area contributed by atoms with E-state index in [1.54, 1.807) is 54.2 Å². The Kier molecular flexibility index (Phi) is 7.33. The van der Waals surface area contributed by atoms with E-state index in [-0.39, 0.29) is 29.6 Å².